The van der Waals surface area contributed by atoms with Gasteiger partial charge in [0.25, 0.3) is 0 Å². The van der Waals surface area contributed by atoms with Crippen molar-refractivity contribution in [3.8, 4) is 17.0 Å². The molecule has 4 rings (SSSR count). The van der Waals surface area contributed by atoms with Gasteiger partial charge in [-0.1, -0.05) is 18.2 Å². The van der Waals surface area contributed by atoms with Gasteiger partial charge in [-0.3, -0.25) is 9.97 Å². The van der Waals surface area contributed by atoms with Crippen LogP contribution < -0.4 is 4.74 Å². The van der Waals surface area contributed by atoms with Gasteiger partial charge in [0.1, 0.15) is 5.75 Å². The molecule has 0 atom stereocenters. The fourth-order valence-electron chi connectivity index (χ4n) is 3.05. The number of aromatic nitrogens is 2. The highest BCUT2D eigenvalue weighted by atomic mass is 16.5. The van der Waals surface area contributed by atoms with Gasteiger partial charge in [-0.15, -0.1) is 0 Å². The van der Waals surface area contributed by atoms with Crippen molar-refractivity contribution in [2.75, 3.05) is 7.11 Å². The van der Waals surface area contributed by atoms with Crippen LogP contribution in [0, 0.1) is 6.92 Å². The van der Waals surface area contributed by atoms with Crippen LogP contribution in [0.15, 0.2) is 60.9 Å². The average molecular weight is 300 g/mol. The summed E-state index contributed by atoms with van der Waals surface area (Å²) >= 11 is 0. The van der Waals surface area contributed by atoms with Crippen LogP contribution in [0.4, 0.5) is 0 Å². The Labute approximate surface area is 134 Å². The number of hydrogen-bond donors (Lipinski definition) is 0. The van der Waals surface area contributed by atoms with Gasteiger partial charge in [-0.05, 0) is 53.4 Å². The van der Waals surface area contributed by atoms with Gasteiger partial charge in [0.15, 0.2) is 0 Å². The Balaban J connectivity index is 2.05. The molecule has 0 spiro atoms. The second kappa shape index (κ2) is 5.36. The van der Waals surface area contributed by atoms with Crippen LogP contribution in [0.2, 0.25) is 0 Å². The molecule has 0 amide bonds. The van der Waals surface area contributed by atoms with E-state index in [4.69, 9.17) is 4.74 Å². The number of aryl methyl sites for hydroxylation is 1. The van der Waals surface area contributed by atoms with Crippen LogP contribution in [0.25, 0.3) is 32.8 Å². The Morgan fingerprint density at radius 2 is 1.70 bits per heavy atom. The summed E-state index contributed by atoms with van der Waals surface area (Å²) in [5.74, 6) is 0.870. The van der Waals surface area contributed by atoms with Crippen molar-refractivity contribution in [2.24, 2.45) is 0 Å². The molecule has 0 radical (unpaired) electrons. The molecule has 0 saturated carbocycles. The third-order valence-corrected chi connectivity index (χ3v) is 4.23. The van der Waals surface area contributed by atoms with E-state index in [1.165, 1.54) is 10.8 Å². The van der Waals surface area contributed by atoms with Gasteiger partial charge in [0.2, 0.25) is 0 Å². The SMILES string of the molecule is COc1ccc2c(ccc3c(-c4cccnc4C)nccc32)c1. The summed E-state index contributed by atoms with van der Waals surface area (Å²) in [6, 6.07) is 16.5. The summed E-state index contributed by atoms with van der Waals surface area (Å²) in [6.07, 6.45) is 3.68. The molecule has 0 aliphatic heterocycles. The highest BCUT2D eigenvalue weighted by molar-refractivity contribution is 6.11. The van der Waals surface area contributed by atoms with Crippen molar-refractivity contribution >= 4 is 21.5 Å². The Morgan fingerprint density at radius 3 is 2.52 bits per heavy atom. The predicted molar refractivity (Wildman–Crippen MR) is 93.8 cm³/mol. The fraction of sp³-hybridized carbons (Fsp3) is 0.100. The van der Waals surface area contributed by atoms with E-state index in [0.717, 1.165) is 33.5 Å². The number of nitrogens with zero attached hydrogens (tertiary/aromatic N) is 2. The number of methoxy groups -OCH3 is 1. The lowest BCUT2D eigenvalue weighted by Gasteiger charge is -2.10. The number of rotatable bonds is 2. The van der Waals surface area contributed by atoms with Crippen molar-refractivity contribution in [3.05, 3.63) is 66.6 Å². The topological polar surface area (TPSA) is 35.0 Å². The summed E-state index contributed by atoms with van der Waals surface area (Å²) in [5, 5.41) is 4.70. The molecule has 0 aliphatic rings. The molecular weight excluding hydrogens is 284 g/mol. The zero-order chi connectivity index (χ0) is 15.8. The largest absolute Gasteiger partial charge is 0.497 e. The molecule has 4 aromatic rings. The van der Waals surface area contributed by atoms with E-state index in [-0.39, 0.29) is 0 Å². The third-order valence-electron chi connectivity index (χ3n) is 4.23. The summed E-state index contributed by atoms with van der Waals surface area (Å²) < 4.78 is 5.32. The van der Waals surface area contributed by atoms with Gasteiger partial charge in [-0.25, -0.2) is 0 Å². The van der Waals surface area contributed by atoms with Crippen LogP contribution in [-0.2, 0) is 0 Å². The number of hydrogen-bond acceptors (Lipinski definition) is 3. The lowest BCUT2D eigenvalue weighted by molar-refractivity contribution is 0.415. The highest BCUT2D eigenvalue weighted by Crippen LogP contribution is 2.33. The molecule has 0 bridgehead atoms. The molecule has 0 saturated heterocycles. The van der Waals surface area contributed by atoms with Gasteiger partial charge in [0, 0.05) is 29.0 Å². The number of fused-ring (bicyclic) bond motifs is 3. The van der Waals surface area contributed by atoms with Crippen molar-refractivity contribution in [1.82, 2.24) is 9.97 Å². The van der Waals surface area contributed by atoms with Crippen LogP contribution in [0.5, 0.6) is 5.75 Å². The second-order valence-corrected chi connectivity index (χ2v) is 5.54. The first-order valence-corrected chi connectivity index (χ1v) is 7.55. The van der Waals surface area contributed by atoms with Crippen LogP contribution >= 0.6 is 0 Å². The maximum absolute atomic E-state index is 5.32. The molecule has 0 fully saturated rings. The molecule has 23 heavy (non-hydrogen) atoms. The average Bonchev–Trinajstić information content (AvgIpc) is 2.61. The monoisotopic (exact) mass is 300 g/mol. The first-order valence-electron chi connectivity index (χ1n) is 7.55. The summed E-state index contributed by atoms with van der Waals surface area (Å²) in [4.78, 5) is 9.00. The van der Waals surface area contributed by atoms with Crippen LogP contribution in [0.1, 0.15) is 5.69 Å². The van der Waals surface area contributed by atoms with Gasteiger partial charge >= 0.3 is 0 Å². The van der Waals surface area contributed by atoms with Crippen LogP contribution in [-0.4, -0.2) is 17.1 Å². The molecule has 2 heterocycles. The van der Waals surface area contributed by atoms with E-state index < -0.39 is 0 Å². The molecule has 3 nitrogen and oxygen atoms in total. The molecule has 0 aliphatic carbocycles. The highest BCUT2D eigenvalue weighted by Gasteiger charge is 2.10. The van der Waals surface area contributed by atoms with E-state index in [1.54, 1.807) is 7.11 Å². The maximum atomic E-state index is 5.32. The number of pyridine rings is 2. The lowest BCUT2D eigenvalue weighted by Crippen LogP contribution is -1.91. The maximum Gasteiger partial charge on any atom is 0.119 e. The van der Waals surface area contributed by atoms with E-state index in [2.05, 4.69) is 46.4 Å². The van der Waals surface area contributed by atoms with Crippen molar-refractivity contribution in [2.45, 2.75) is 6.92 Å². The minimum atomic E-state index is 0.870. The zero-order valence-corrected chi connectivity index (χ0v) is 13.1. The second-order valence-electron chi connectivity index (χ2n) is 5.54. The zero-order valence-electron chi connectivity index (χ0n) is 13.1. The molecule has 2 aromatic carbocycles. The quantitative estimate of drug-likeness (QED) is 0.500. The third kappa shape index (κ3) is 2.21. The molecule has 3 heteroatoms. The molecule has 2 aromatic heterocycles. The predicted octanol–water partition coefficient (Wildman–Crippen LogP) is 4.77. The Morgan fingerprint density at radius 1 is 0.826 bits per heavy atom. The van der Waals surface area contributed by atoms with Gasteiger partial charge in [-0.2, -0.15) is 0 Å². The minimum absolute atomic E-state index is 0.870. The lowest BCUT2D eigenvalue weighted by atomic mass is 9.98. The van der Waals surface area contributed by atoms with E-state index >= 15 is 0 Å². The molecule has 0 N–H and O–H groups in total. The van der Waals surface area contributed by atoms with E-state index in [0.29, 0.717) is 0 Å². The smallest absolute Gasteiger partial charge is 0.119 e. The van der Waals surface area contributed by atoms with Gasteiger partial charge < -0.3 is 4.74 Å². The fourth-order valence-corrected chi connectivity index (χ4v) is 3.05. The first kappa shape index (κ1) is 13.7. The van der Waals surface area contributed by atoms with Crippen molar-refractivity contribution < 1.29 is 4.74 Å². The Hall–Kier alpha value is -2.94. The Bertz CT molecular complexity index is 1020. The summed E-state index contributed by atoms with van der Waals surface area (Å²) in [7, 11) is 1.69. The molecule has 0 unspecified atom stereocenters. The van der Waals surface area contributed by atoms with Crippen LogP contribution in [0.3, 0.4) is 0 Å². The molecule has 112 valence electrons. The Kier molecular flexibility index (Phi) is 3.19. The van der Waals surface area contributed by atoms with E-state index in [1.807, 2.05) is 31.5 Å². The van der Waals surface area contributed by atoms with E-state index in [9.17, 15) is 0 Å². The summed E-state index contributed by atoms with van der Waals surface area (Å²) in [6.45, 7) is 2.02. The number of ether oxygens (including phenoxy) is 1. The van der Waals surface area contributed by atoms with Crippen molar-refractivity contribution in [1.29, 1.82) is 0 Å². The normalized spacial score (nSPS) is 11.0. The summed E-state index contributed by atoms with van der Waals surface area (Å²) in [5.41, 5.74) is 3.04. The molecular formula is C20H16N2O. The standard InChI is InChI=1S/C20H16N2O/c1-13-16(4-3-10-21-13)20-19-7-5-14-12-15(23-2)6-8-17(14)18(19)9-11-22-20/h3-12H,1-2H3. The van der Waals surface area contributed by atoms with Crippen molar-refractivity contribution in [3.63, 3.8) is 0 Å². The number of benzene rings is 2. The first-order chi connectivity index (χ1) is 11.3. The van der Waals surface area contributed by atoms with Gasteiger partial charge in [0.05, 0.1) is 12.8 Å². The minimum Gasteiger partial charge on any atom is -0.497 e.